The third-order valence-corrected chi connectivity index (χ3v) is 5.44. The lowest BCUT2D eigenvalue weighted by Gasteiger charge is -2.17. The van der Waals surface area contributed by atoms with Gasteiger partial charge in [0, 0.05) is 34.0 Å². The van der Waals surface area contributed by atoms with E-state index < -0.39 is 5.92 Å². The highest BCUT2D eigenvalue weighted by molar-refractivity contribution is 9.10. The Labute approximate surface area is 171 Å². The summed E-state index contributed by atoms with van der Waals surface area (Å²) in [4.78, 5) is 39.2. The Morgan fingerprint density at radius 3 is 2.57 bits per heavy atom. The van der Waals surface area contributed by atoms with Crippen molar-refractivity contribution < 1.29 is 14.4 Å². The van der Waals surface area contributed by atoms with E-state index >= 15 is 0 Å². The van der Waals surface area contributed by atoms with Gasteiger partial charge in [0.25, 0.3) is 5.91 Å². The maximum Gasteiger partial charge on any atom is 0.251 e. The number of hydrogen-bond donors (Lipinski definition) is 2. The minimum Gasteiger partial charge on any atom is -0.349 e. The molecule has 2 N–H and O–H groups in total. The first-order valence-corrected chi connectivity index (χ1v) is 10.1. The Hall–Kier alpha value is -2.67. The fraction of sp³-hybridized carbons (Fsp3) is 0.286. The largest absolute Gasteiger partial charge is 0.349 e. The molecule has 4 rings (SSSR count). The number of carbonyl (C=O) groups is 3. The number of benzene rings is 2. The van der Waals surface area contributed by atoms with Crippen molar-refractivity contribution >= 4 is 45.0 Å². The lowest BCUT2D eigenvalue weighted by Crippen LogP contribution is -2.33. The summed E-state index contributed by atoms with van der Waals surface area (Å²) in [6.45, 7) is 0.497. The number of nitrogens with zero attached hydrogens (tertiary/aromatic N) is 1. The van der Waals surface area contributed by atoms with Crippen LogP contribution in [0.25, 0.3) is 0 Å². The number of halogens is 1. The Balaban J connectivity index is 1.42. The first-order chi connectivity index (χ1) is 13.5. The van der Waals surface area contributed by atoms with Crippen molar-refractivity contribution in [3.63, 3.8) is 0 Å². The lowest BCUT2D eigenvalue weighted by molar-refractivity contribution is -0.129. The van der Waals surface area contributed by atoms with E-state index in [0.29, 0.717) is 24.2 Å². The van der Waals surface area contributed by atoms with Gasteiger partial charge < -0.3 is 15.5 Å². The number of hydrogen-bond acceptors (Lipinski definition) is 3. The zero-order valence-electron chi connectivity index (χ0n) is 15.2. The van der Waals surface area contributed by atoms with Crippen LogP contribution in [-0.4, -0.2) is 30.3 Å². The highest BCUT2D eigenvalue weighted by Gasteiger charge is 2.37. The van der Waals surface area contributed by atoms with Gasteiger partial charge in [0.05, 0.1) is 0 Å². The van der Waals surface area contributed by atoms with Crippen LogP contribution in [0, 0.1) is 5.92 Å². The molecule has 1 heterocycles. The highest BCUT2D eigenvalue weighted by atomic mass is 79.9. The molecule has 2 aromatic rings. The Morgan fingerprint density at radius 2 is 1.82 bits per heavy atom. The fourth-order valence-corrected chi connectivity index (χ4v) is 3.67. The maximum absolute atomic E-state index is 12.7. The van der Waals surface area contributed by atoms with E-state index in [9.17, 15) is 14.4 Å². The van der Waals surface area contributed by atoms with Gasteiger partial charge in [0.1, 0.15) is 5.92 Å². The van der Waals surface area contributed by atoms with Crippen LogP contribution in [0.1, 0.15) is 29.6 Å². The standard InChI is InChI=1S/C21H20BrN3O3/c22-14-4-2-6-17(12-14)25-10-9-18(21(25)28)20(27)24-16-5-1-3-13(11-16)19(26)23-15-7-8-15/h1-6,11-12,15,18H,7-10H2,(H,23,26)(H,24,27). The van der Waals surface area contributed by atoms with Crippen LogP contribution in [0.2, 0.25) is 0 Å². The molecule has 2 aromatic carbocycles. The molecule has 7 heteroatoms. The lowest BCUT2D eigenvalue weighted by atomic mass is 10.1. The Kier molecular flexibility index (Phi) is 5.17. The van der Waals surface area contributed by atoms with E-state index in [1.807, 2.05) is 24.3 Å². The summed E-state index contributed by atoms with van der Waals surface area (Å²) in [6, 6.07) is 14.5. The van der Waals surface area contributed by atoms with Crippen LogP contribution in [0.5, 0.6) is 0 Å². The molecule has 144 valence electrons. The summed E-state index contributed by atoms with van der Waals surface area (Å²) in [6.07, 6.45) is 2.49. The molecule has 0 spiro atoms. The number of rotatable bonds is 5. The number of carbonyl (C=O) groups excluding carboxylic acids is 3. The molecule has 0 bridgehead atoms. The van der Waals surface area contributed by atoms with Crippen molar-refractivity contribution in [2.75, 3.05) is 16.8 Å². The minimum absolute atomic E-state index is 0.142. The van der Waals surface area contributed by atoms with Gasteiger partial charge in [0.2, 0.25) is 11.8 Å². The zero-order chi connectivity index (χ0) is 19.7. The van der Waals surface area contributed by atoms with Crippen molar-refractivity contribution in [2.24, 2.45) is 5.92 Å². The molecule has 1 saturated heterocycles. The second-order valence-corrected chi connectivity index (χ2v) is 8.04. The van der Waals surface area contributed by atoms with E-state index in [0.717, 1.165) is 23.0 Å². The molecule has 3 amide bonds. The zero-order valence-corrected chi connectivity index (χ0v) is 16.7. The average Bonchev–Trinajstić information content (AvgIpc) is 3.40. The monoisotopic (exact) mass is 441 g/mol. The number of anilines is 2. The summed E-state index contributed by atoms with van der Waals surface area (Å²) >= 11 is 3.40. The molecule has 1 unspecified atom stereocenters. The molecular formula is C21H20BrN3O3. The molecule has 1 aliphatic carbocycles. The normalized spacial score (nSPS) is 18.8. The third kappa shape index (κ3) is 4.09. The van der Waals surface area contributed by atoms with Crippen LogP contribution >= 0.6 is 15.9 Å². The number of amides is 3. The maximum atomic E-state index is 12.7. The average molecular weight is 442 g/mol. The van der Waals surface area contributed by atoms with Gasteiger partial charge in [0.15, 0.2) is 0 Å². The summed E-state index contributed by atoms with van der Waals surface area (Å²) in [7, 11) is 0. The SMILES string of the molecule is O=C(NC1CC1)c1cccc(NC(=O)C2CCN(c3cccc(Br)c3)C2=O)c1. The summed E-state index contributed by atoms with van der Waals surface area (Å²) in [5.74, 6) is -1.43. The predicted molar refractivity (Wildman–Crippen MR) is 110 cm³/mol. The first-order valence-electron chi connectivity index (χ1n) is 9.30. The molecule has 6 nitrogen and oxygen atoms in total. The summed E-state index contributed by atoms with van der Waals surface area (Å²) < 4.78 is 0.881. The van der Waals surface area contributed by atoms with Gasteiger partial charge in [-0.1, -0.05) is 28.1 Å². The van der Waals surface area contributed by atoms with E-state index in [-0.39, 0.29) is 23.8 Å². The summed E-state index contributed by atoms with van der Waals surface area (Å²) in [5, 5.41) is 5.71. The quantitative estimate of drug-likeness (QED) is 0.698. The minimum atomic E-state index is -0.733. The van der Waals surface area contributed by atoms with E-state index in [2.05, 4.69) is 26.6 Å². The topological polar surface area (TPSA) is 78.5 Å². The molecule has 1 aliphatic heterocycles. The molecule has 1 saturated carbocycles. The molecule has 28 heavy (non-hydrogen) atoms. The van der Waals surface area contributed by atoms with Crippen LogP contribution in [-0.2, 0) is 9.59 Å². The van der Waals surface area contributed by atoms with Gasteiger partial charge in [-0.05, 0) is 55.7 Å². The van der Waals surface area contributed by atoms with E-state index in [1.54, 1.807) is 29.2 Å². The van der Waals surface area contributed by atoms with Crippen LogP contribution < -0.4 is 15.5 Å². The van der Waals surface area contributed by atoms with E-state index in [4.69, 9.17) is 0 Å². The highest BCUT2D eigenvalue weighted by Crippen LogP contribution is 2.28. The van der Waals surface area contributed by atoms with Crippen molar-refractivity contribution in [1.82, 2.24) is 5.32 Å². The van der Waals surface area contributed by atoms with Crippen molar-refractivity contribution in [3.8, 4) is 0 Å². The van der Waals surface area contributed by atoms with Gasteiger partial charge >= 0.3 is 0 Å². The number of nitrogens with one attached hydrogen (secondary N) is 2. The summed E-state index contributed by atoms with van der Waals surface area (Å²) in [5.41, 5.74) is 1.79. The fourth-order valence-electron chi connectivity index (χ4n) is 3.29. The van der Waals surface area contributed by atoms with Crippen LogP contribution in [0.4, 0.5) is 11.4 Å². The Bertz CT molecular complexity index is 942. The smallest absolute Gasteiger partial charge is 0.251 e. The second-order valence-electron chi connectivity index (χ2n) is 7.13. The van der Waals surface area contributed by atoms with Crippen LogP contribution in [0.15, 0.2) is 53.0 Å². The molecule has 0 radical (unpaired) electrons. The Morgan fingerprint density at radius 1 is 1.04 bits per heavy atom. The predicted octanol–water partition coefficient (Wildman–Crippen LogP) is 3.33. The first kappa shape index (κ1) is 18.7. The van der Waals surface area contributed by atoms with Crippen LogP contribution in [0.3, 0.4) is 0 Å². The molecule has 2 fully saturated rings. The van der Waals surface area contributed by atoms with Gasteiger partial charge in [-0.3, -0.25) is 14.4 Å². The molecular weight excluding hydrogens is 422 g/mol. The van der Waals surface area contributed by atoms with Gasteiger partial charge in [-0.2, -0.15) is 0 Å². The molecule has 2 aliphatic rings. The van der Waals surface area contributed by atoms with Crippen molar-refractivity contribution in [3.05, 3.63) is 58.6 Å². The van der Waals surface area contributed by atoms with Gasteiger partial charge in [-0.25, -0.2) is 0 Å². The van der Waals surface area contributed by atoms with Crippen molar-refractivity contribution in [2.45, 2.75) is 25.3 Å². The second kappa shape index (κ2) is 7.75. The third-order valence-electron chi connectivity index (χ3n) is 4.95. The van der Waals surface area contributed by atoms with Crippen molar-refractivity contribution in [1.29, 1.82) is 0 Å². The molecule has 0 aromatic heterocycles. The van der Waals surface area contributed by atoms with Gasteiger partial charge in [-0.15, -0.1) is 0 Å². The molecule has 1 atom stereocenters. The van der Waals surface area contributed by atoms with E-state index in [1.165, 1.54) is 0 Å².